The van der Waals surface area contributed by atoms with Crippen molar-refractivity contribution in [2.24, 2.45) is 0 Å². The summed E-state index contributed by atoms with van der Waals surface area (Å²) in [5.74, 6) is 0. The molecule has 11 heavy (non-hydrogen) atoms. The van der Waals surface area contributed by atoms with Crippen molar-refractivity contribution in [2.45, 2.75) is 40.2 Å². The predicted molar refractivity (Wildman–Crippen MR) is 53.0 cm³/mol. The van der Waals surface area contributed by atoms with Gasteiger partial charge in [0.1, 0.15) is 0 Å². The van der Waals surface area contributed by atoms with E-state index in [9.17, 15) is 0 Å². The SMILES string of the molecule is CC.CC.CNC1(C)CNC1. The fraction of sp³-hybridized carbons (Fsp3) is 1.00. The first-order chi connectivity index (χ1) is 5.27. The highest BCUT2D eigenvalue weighted by atomic mass is 15.1. The first kappa shape index (κ1) is 13.5. The lowest BCUT2D eigenvalue weighted by molar-refractivity contribution is 0.256. The highest BCUT2D eigenvalue weighted by molar-refractivity contribution is 4.94. The molecule has 0 saturated carbocycles. The minimum Gasteiger partial charge on any atom is -0.313 e. The maximum atomic E-state index is 3.22. The Kier molecular flexibility index (Phi) is 9.85. The molecule has 1 fully saturated rings. The molecule has 0 bridgehead atoms. The molecule has 0 radical (unpaired) electrons. The van der Waals surface area contributed by atoms with Crippen molar-refractivity contribution in [3.8, 4) is 0 Å². The summed E-state index contributed by atoms with van der Waals surface area (Å²) in [6.45, 7) is 12.4. The zero-order chi connectivity index (χ0) is 9.33. The van der Waals surface area contributed by atoms with Crippen molar-refractivity contribution in [3.63, 3.8) is 0 Å². The maximum Gasteiger partial charge on any atom is 0.0401 e. The Bertz CT molecular complexity index is 62.5. The Morgan fingerprint density at radius 1 is 1.09 bits per heavy atom. The molecule has 1 aliphatic heterocycles. The van der Waals surface area contributed by atoms with Crippen molar-refractivity contribution in [2.75, 3.05) is 20.1 Å². The van der Waals surface area contributed by atoms with Gasteiger partial charge in [0.05, 0.1) is 0 Å². The van der Waals surface area contributed by atoms with Crippen LogP contribution < -0.4 is 10.6 Å². The Hall–Kier alpha value is -0.0800. The highest BCUT2D eigenvalue weighted by Crippen LogP contribution is 2.06. The van der Waals surface area contributed by atoms with E-state index < -0.39 is 0 Å². The normalized spacial score (nSPS) is 18.0. The third-order valence-electron chi connectivity index (χ3n) is 1.63. The van der Waals surface area contributed by atoms with Gasteiger partial charge in [-0.2, -0.15) is 0 Å². The number of nitrogens with one attached hydrogen (secondary N) is 2. The zero-order valence-corrected chi connectivity index (χ0v) is 8.91. The van der Waals surface area contributed by atoms with Gasteiger partial charge < -0.3 is 10.6 Å². The third kappa shape index (κ3) is 5.22. The van der Waals surface area contributed by atoms with Gasteiger partial charge in [-0.1, -0.05) is 27.7 Å². The molecule has 2 nitrogen and oxygen atoms in total. The van der Waals surface area contributed by atoms with Gasteiger partial charge in [0, 0.05) is 18.6 Å². The first-order valence-corrected chi connectivity index (χ1v) is 4.66. The second-order valence-electron chi connectivity index (χ2n) is 2.41. The molecule has 0 aromatic rings. The molecule has 70 valence electrons. The lowest BCUT2D eigenvalue weighted by Crippen LogP contribution is -2.64. The van der Waals surface area contributed by atoms with E-state index in [2.05, 4.69) is 17.6 Å². The molecule has 2 N–H and O–H groups in total. The van der Waals surface area contributed by atoms with Crippen LogP contribution in [-0.2, 0) is 0 Å². The number of hydrogen-bond acceptors (Lipinski definition) is 2. The van der Waals surface area contributed by atoms with Crippen LogP contribution in [0, 0.1) is 0 Å². The third-order valence-corrected chi connectivity index (χ3v) is 1.63. The van der Waals surface area contributed by atoms with Gasteiger partial charge in [0.15, 0.2) is 0 Å². The fourth-order valence-electron chi connectivity index (χ4n) is 0.677. The van der Waals surface area contributed by atoms with E-state index >= 15 is 0 Å². The summed E-state index contributed by atoms with van der Waals surface area (Å²) in [4.78, 5) is 0. The van der Waals surface area contributed by atoms with Gasteiger partial charge in [-0.25, -0.2) is 0 Å². The quantitative estimate of drug-likeness (QED) is 0.609. The maximum absolute atomic E-state index is 3.22. The second-order valence-corrected chi connectivity index (χ2v) is 2.41. The molecule has 0 spiro atoms. The molecule has 1 aliphatic rings. The van der Waals surface area contributed by atoms with E-state index in [1.54, 1.807) is 0 Å². The summed E-state index contributed by atoms with van der Waals surface area (Å²) in [5, 5.41) is 6.41. The summed E-state index contributed by atoms with van der Waals surface area (Å²) in [7, 11) is 2.00. The van der Waals surface area contributed by atoms with Gasteiger partial charge >= 0.3 is 0 Å². The summed E-state index contributed by atoms with van der Waals surface area (Å²) >= 11 is 0. The molecule has 1 saturated heterocycles. The average molecular weight is 160 g/mol. The van der Waals surface area contributed by atoms with E-state index in [0.717, 1.165) is 13.1 Å². The lowest BCUT2D eigenvalue weighted by atomic mass is 9.96. The minimum atomic E-state index is 0.403. The van der Waals surface area contributed by atoms with Crippen molar-refractivity contribution in [3.05, 3.63) is 0 Å². The van der Waals surface area contributed by atoms with Crippen LogP contribution in [0.25, 0.3) is 0 Å². The Labute approximate surface area is 71.8 Å². The van der Waals surface area contributed by atoms with E-state index in [1.807, 2.05) is 34.7 Å². The van der Waals surface area contributed by atoms with E-state index in [0.29, 0.717) is 5.54 Å². The molecular formula is C9H24N2. The van der Waals surface area contributed by atoms with Crippen LogP contribution in [0.4, 0.5) is 0 Å². The lowest BCUT2D eigenvalue weighted by Gasteiger charge is -2.38. The van der Waals surface area contributed by atoms with Crippen LogP contribution in [0.1, 0.15) is 34.6 Å². The molecule has 1 heterocycles. The van der Waals surface area contributed by atoms with Gasteiger partial charge in [-0.05, 0) is 14.0 Å². The molecular weight excluding hydrogens is 136 g/mol. The summed E-state index contributed by atoms with van der Waals surface area (Å²) < 4.78 is 0. The van der Waals surface area contributed by atoms with Gasteiger partial charge in [-0.3, -0.25) is 0 Å². The molecule has 1 rings (SSSR count). The zero-order valence-electron chi connectivity index (χ0n) is 8.91. The largest absolute Gasteiger partial charge is 0.313 e. The molecule has 0 atom stereocenters. The summed E-state index contributed by atoms with van der Waals surface area (Å²) in [6, 6.07) is 0. The standard InChI is InChI=1S/C5H12N2.2C2H6/c1-5(6-2)3-7-4-5;2*1-2/h6-7H,3-4H2,1-2H3;2*1-2H3. The summed E-state index contributed by atoms with van der Waals surface area (Å²) in [6.07, 6.45) is 0. The van der Waals surface area contributed by atoms with Crippen LogP contribution in [0.5, 0.6) is 0 Å². The van der Waals surface area contributed by atoms with Crippen LogP contribution in [-0.4, -0.2) is 25.7 Å². The van der Waals surface area contributed by atoms with E-state index in [1.165, 1.54) is 0 Å². The molecule has 0 amide bonds. The first-order valence-electron chi connectivity index (χ1n) is 4.66. The molecule has 0 aromatic heterocycles. The Morgan fingerprint density at radius 3 is 1.45 bits per heavy atom. The molecule has 2 heteroatoms. The topological polar surface area (TPSA) is 24.1 Å². The van der Waals surface area contributed by atoms with Crippen LogP contribution in [0.3, 0.4) is 0 Å². The van der Waals surface area contributed by atoms with Crippen LogP contribution in [0.15, 0.2) is 0 Å². The molecule has 0 aliphatic carbocycles. The fourth-order valence-corrected chi connectivity index (χ4v) is 0.677. The van der Waals surface area contributed by atoms with Crippen LogP contribution in [0.2, 0.25) is 0 Å². The van der Waals surface area contributed by atoms with Crippen molar-refractivity contribution in [1.29, 1.82) is 0 Å². The van der Waals surface area contributed by atoms with E-state index in [4.69, 9.17) is 0 Å². The summed E-state index contributed by atoms with van der Waals surface area (Å²) in [5.41, 5.74) is 0.403. The van der Waals surface area contributed by atoms with Crippen molar-refractivity contribution >= 4 is 0 Å². The van der Waals surface area contributed by atoms with Gasteiger partial charge in [-0.15, -0.1) is 0 Å². The van der Waals surface area contributed by atoms with Gasteiger partial charge in [0.2, 0.25) is 0 Å². The number of hydrogen-bond donors (Lipinski definition) is 2. The second kappa shape index (κ2) is 8.02. The van der Waals surface area contributed by atoms with Crippen molar-refractivity contribution in [1.82, 2.24) is 10.6 Å². The Balaban J connectivity index is 0. The monoisotopic (exact) mass is 160 g/mol. The average Bonchev–Trinajstić information content (AvgIpc) is 2.08. The Morgan fingerprint density at radius 2 is 1.45 bits per heavy atom. The van der Waals surface area contributed by atoms with Crippen molar-refractivity contribution < 1.29 is 0 Å². The smallest absolute Gasteiger partial charge is 0.0401 e. The molecule has 0 unspecified atom stereocenters. The number of rotatable bonds is 1. The minimum absolute atomic E-state index is 0.403. The molecule has 0 aromatic carbocycles. The number of likely N-dealkylation sites (N-methyl/N-ethyl adjacent to an activating group) is 1. The predicted octanol–water partition coefficient (Wildman–Crippen LogP) is 1.62. The van der Waals surface area contributed by atoms with E-state index in [-0.39, 0.29) is 0 Å². The van der Waals surface area contributed by atoms with Gasteiger partial charge in [0.25, 0.3) is 0 Å². The highest BCUT2D eigenvalue weighted by Gasteiger charge is 2.28. The van der Waals surface area contributed by atoms with Crippen LogP contribution >= 0.6 is 0 Å².